The summed E-state index contributed by atoms with van der Waals surface area (Å²) < 4.78 is 0. The SMILES string of the molecule is CN(C)CCNC(=O)c1cc(C(=O)N(C)c2ccccc2)ccn1. The molecule has 2 aromatic rings. The van der Waals surface area contributed by atoms with Gasteiger partial charge in [-0.2, -0.15) is 0 Å². The number of aromatic nitrogens is 1. The van der Waals surface area contributed by atoms with E-state index < -0.39 is 0 Å². The average molecular weight is 326 g/mol. The van der Waals surface area contributed by atoms with Crippen molar-refractivity contribution < 1.29 is 9.59 Å². The molecule has 1 aromatic carbocycles. The Morgan fingerprint density at radius 3 is 2.46 bits per heavy atom. The zero-order valence-electron chi connectivity index (χ0n) is 14.2. The number of benzene rings is 1. The second-order valence-corrected chi connectivity index (χ2v) is 5.69. The van der Waals surface area contributed by atoms with Crippen LogP contribution in [0.5, 0.6) is 0 Å². The van der Waals surface area contributed by atoms with E-state index in [4.69, 9.17) is 0 Å². The van der Waals surface area contributed by atoms with E-state index in [1.807, 2.05) is 49.3 Å². The molecule has 6 heteroatoms. The van der Waals surface area contributed by atoms with Crippen molar-refractivity contribution in [1.82, 2.24) is 15.2 Å². The maximum absolute atomic E-state index is 12.6. The molecular weight excluding hydrogens is 304 g/mol. The molecule has 0 aliphatic carbocycles. The van der Waals surface area contributed by atoms with Crippen molar-refractivity contribution in [2.45, 2.75) is 0 Å². The molecule has 1 N–H and O–H groups in total. The predicted octanol–water partition coefficient (Wildman–Crippen LogP) is 1.65. The second-order valence-electron chi connectivity index (χ2n) is 5.69. The molecule has 0 radical (unpaired) electrons. The number of anilines is 1. The van der Waals surface area contributed by atoms with Gasteiger partial charge in [-0.15, -0.1) is 0 Å². The molecule has 0 bridgehead atoms. The monoisotopic (exact) mass is 326 g/mol. The molecule has 0 unspecified atom stereocenters. The van der Waals surface area contributed by atoms with Gasteiger partial charge in [0.05, 0.1) is 0 Å². The minimum atomic E-state index is -0.283. The van der Waals surface area contributed by atoms with Crippen molar-refractivity contribution in [3.05, 3.63) is 59.9 Å². The van der Waals surface area contributed by atoms with Gasteiger partial charge in [-0.25, -0.2) is 0 Å². The van der Waals surface area contributed by atoms with Crippen LogP contribution >= 0.6 is 0 Å². The lowest BCUT2D eigenvalue weighted by Gasteiger charge is -2.17. The van der Waals surface area contributed by atoms with E-state index in [0.717, 1.165) is 12.2 Å². The number of carbonyl (C=O) groups is 2. The smallest absolute Gasteiger partial charge is 0.269 e. The Bertz CT molecular complexity index is 701. The minimum Gasteiger partial charge on any atom is -0.349 e. The number of hydrogen-bond acceptors (Lipinski definition) is 4. The van der Waals surface area contributed by atoms with Crippen LogP contribution in [0.2, 0.25) is 0 Å². The van der Waals surface area contributed by atoms with E-state index in [1.165, 1.54) is 12.3 Å². The number of rotatable bonds is 6. The van der Waals surface area contributed by atoms with E-state index in [-0.39, 0.29) is 17.5 Å². The third kappa shape index (κ3) is 4.63. The van der Waals surface area contributed by atoms with E-state index in [9.17, 15) is 9.59 Å². The van der Waals surface area contributed by atoms with E-state index in [1.54, 1.807) is 18.0 Å². The molecule has 0 spiro atoms. The number of nitrogens with zero attached hydrogens (tertiary/aromatic N) is 3. The Balaban J connectivity index is 2.09. The van der Waals surface area contributed by atoms with Crippen molar-refractivity contribution in [3.8, 4) is 0 Å². The van der Waals surface area contributed by atoms with Gasteiger partial charge in [-0.3, -0.25) is 14.6 Å². The van der Waals surface area contributed by atoms with Crippen LogP contribution in [-0.4, -0.2) is 55.9 Å². The lowest BCUT2D eigenvalue weighted by Crippen LogP contribution is -2.32. The molecule has 2 rings (SSSR count). The second kappa shape index (κ2) is 8.21. The number of pyridine rings is 1. The predicted molar refractivity (Wildman–Crippen MR) is 94.3 cm³/mol. The van der Waals surface area contributed by atoms with Crippen molar-refractivity contribution in [2.75, 3.05) is 39.1 Å². The van der Waals surface area contributed by atoms with Gasteiger partial charge in [0.15, 0.2) is 0 Å². The summed E-state index contributed by atoms with van der Waals surface area (Å²) in [6, 6.07) is 12.5. The Morgan fingerprint density at radius 2 is 1.79 bits per heavy atom. The zero-order chi connectivity index (χ0) is 17.5. The van der Waals surface area contributed by atoms with Crippen LogP contribution in [0.1, 0.15) is 20.8 Å². The Kier molecular flexibility index (Phi) is 6.03. The third-order valence-electron chi connectivity index (χ3n) is 3.53. The molecule has 0 aliphatic heterocycles. The molecule has 0 saturated carbocycles. The first kappa shape index (κ1) is 17.6. The maximum Gasteiger partial charge on any atom is 0.269 e. The minimum absolute atomic E-state index is 0.189. The zero-order valence-corrected chi connectivity index (χ0v) is 14.2. The first-order valence-corrected chi connectivity index (χ1v) is 7.71. The van der Waals surface area contributed by atoms with Gasteiger partial charge >= 0.3 is 0 Å². The van der Waals surface area contributed by atoms with Gasteiger partial charge in [-0.1, -0.05) is 18.2 Å². The van der Waals surface area contributed by atoms with Crippen LogP contribution in [0.25, 0.3) is 0 Å². The summed E-state index contributed by atoms with van der Waals surface area (Å²) in [5.41, 5.74) is 1.45. The first-order chi connectivity index (χ1) is 11.5. The molecule has 0 fully saturated rings. The third-order valence-corrected chi connectivity index (χ3v) is 3.53. The van der Waals surface area contributed by atoms with Gasteiger partial charge in [0, 0.05) is 37.6 Å². The lowest BCUT2D eigenvalue weighted by atomic mass is 10.2. The highest BCUT2D eigenvalue weighted by molar-refractivity contribution is 6.06. The summed E-state index contributed by atoms with van der Waals surface area (Å²) >= 11 is 0. The highest BCUT2D eigenvalue weighted by Crippen LogP contribution is 2.15. The molecule has 0 saturated heterocycles. The highest BCUT2D eigenvalue weighted by Gasteiger charge is 2.16. The van der Waals surface area contributed by atoms with Gasteiger partial charge < -0.3 is 15.1 Å². The fourth-order valence-electron chi connectivity index (χ4n) is 2.13. The van der Waals surface area contributed by atoms with Gasteiger partial charge in [0.25, 0.3) is 11.8 Å². The topological polar surface area (TPSA) is 65.5 Å². The van der Waals surface area contributed by atoms with Crippen molar-refractivity contribution in [2.24, 2.45) is 0 Å². The molecule has 6 nitrogen and oxygen atoms in total. The number of para-hydroxylation sites is 1. The Morgan fingerprint density at radius 1 is 1.08 bits per heavy atom. The number of hydrogen-bond donors (Lipinski definition) is 1. The molecule has 1 heterocycles. The molecule has 2 amide bonds. The number of likely N-dealkylation sites (N-methyl/N-ethyl adjacent to an activating group) is 1. The fourth-order valence-corrected chi connectivity index (χ4v) is 2.13. The van der Waals surface area contributed by atoms with Gasteiger partial charge in [-0.05, 0) is 38.4 Å². The number of nitrogens with one attached hydrogen (secondary N) is 1. The van der Waals surface area contributed by atoms with Crippen LogP contribution in [0.3, 0.4) is 0 Å². The molecular formula is C18H22N4O2. The summed E-state index contributed by atoms with van der Waals surface area (Å²) in [5.74, 6) is -0.472. The van der Waals surface area contributed by atoms with Crippen molar-refractivity contribution >= 4 is 17.5 Å². The molecule has 126 valence electrons. The van der Waals surface area contributed by atoms with E-state index in [0.29, 0.717) is 12.1 Å². The van der Waals surface area contributed by atoms with E-state index in [2.05, 4.69) is 10.3 Å². The van der Waals surface area contributed by atoms with Crippen LogP contribution in [0.4, 0.5) is 5.69 Å². The molecule has 1 aromatic heterocycles. The lowest BCUT2D eigenvalue weighted by molar-refractivity contribution is 0.0946. The summed E-state index contributed by atoms with van der Waals surface area (Å²) in [6.45, 7) is 1.26. The van der Waals surface area contributed by atoms with Crippen LogP contribution < -0.4 is 10.2 Å². The molecule has 0 aliphatic rings. The Labute approximate surface area is 142 Å². The number of carbonyl (C=O) groups excluding carboxylic acids is 2. The van der Waals surface area contributed by atoms with Crippen LogP contribution in [-0.2, 0) is 0 Å². The summed E-state index contributed by atoms with van der Waals surface area (Å²) in [4.78, 5) is 32.3. The quantitative estimate of drug-likeness (QED) is 0.876. The van der Waals surface area contributed by atoms with Gasteiger partial charge in [0.2, 0.25) is 0 Å². The largest absolute Gasteiger partial charge is 0.349 e. The standard InChI is InChI=1S/C18H22N4O2/c1-21(2)12-11-20-17(23)16-13-14(9-10-19-16)18(24)22(3)15-7-5-4-6-8-15/h4-10,13H,11-12H2,1-3H3,(H,20,23). The fraction of sp³-hybridized carbons (Fsp3) is 0.278. The summed E-state index contributed by atoms with van der Waals surface area (Å²) in [7, 11) is 5.57. The highest BCUT2D eigenvalue weighted by atomic mass is 16.2. The van der Waals surface area contributed by atoms with E-state index >= 15 is 0 Å². The van der Waals surface area contributed by atoms with Gasteiger partial charge in [0.1, 0.15) is 5.69 Å². The van der Waals surface area contributed by atoms with Crippen LogP contribution in [0, 0.1) is 0 Å². The molecule has 24 heavy (non-hydrogen) atoms. The number of amides is 2. The Hall–Kier alpha value is -2.73. The van der Waals surface area contributed by atoms with Crippen molar-refractivity contribution in [1.29, 1.82) is 0 Å². The maximum atomic E-state index is 12.6. The summed E-state index contributed by atoms with van der Waals surface area (Å²) in [6.07, 6.45) is 1.48. The molecule has 0 atom stereocenters. The summed E-state index contributed by atoms with van der Waals surface area (Å²) in [5, 5.41) is 2.79. The average Bonchev–Trinajstić information content (AvgIpc) is 2.61. The normalized spacial score (nSPS) is 10.5. The van der Waals surface area contributed by atoms with Crippen LogP contribution in [0.15, 0.2) is 48.7 Å². The van der Waals surface area contributed by atoms with Crippen molar-refractivity contribution in [3.63, 3.8) is 0 Å². The first-order valence-electron chi connectivity index (χ1n) is 7.71.